The maximum Gasteiger partial charge on any atom is 0.307 e. The van der Waals surface area contributed by atoms with Gasteiger partial charge < -0.3 is 9.30 Å². The molecule has 0 atom stereocenters. The first kappa shape index (κ1) is 19.0. The minimum atomic E-state index is -0.574. The molecule has 0 radical (unpaired) electrons. The van der Waals surface area contributed by atoms with Crippen LogP contribution >= 0.6 is 11.3 Å². The number of ether oxygens (including phenoxy) is 1. The second kappa shape index (κ2) is 8.26. The lowest BCUT2D eigenvalue weighted by molar-refractivity contribution is -0.143. The molecule has 1 aromatic heterocycles. The largest absolute Gasteiger partial charge is 0.466 e. The van der Waals surface area contributed by atoms with E-state index in [1.807, 2.05) is 24.3 Å². The maximum absolute atomic E-state index is 12.3. The van der Waals surface area contributed by atoms with Gasteiger partial charge in [-0.15, -0.1) is 0 Å². The number of aromatic nitrogens is 1. The monoisotopic (exact) mass is 389 g/mol. The number of benzene rings is 1. The molecule has 0 saturated carbocycles. The molecule has 0 spiro atoms. The number of nitrogens with zero attached hydrogens (tertiary/aromatic N) is 3. The molecule has 3 rings (SSSR count). The Morgan fingerprint density at radius 3 is 2.59 bits per heavy atom. The summed E-state index contributed by atoms with van der Waals surface area (Å²) in [6.07, 6.45) is 0.419. The van der Waals surface area contributed by atoms with Gasteiger partial charge in [-0.3, -0.25) is 24.1 Å². The molecular weight excluding hydrogens is 370 g/mol. The highest BCUT2D eigenvalue weighted by Crippen LogP contribution is 2.17. The average Bonchev–Trinajstić information content (AvgIpc) is 3.14. The molecule has 1 aliphatic heterocycles. The molecule has 8 nitrogen and oxygen atoms in total. The van der Waals surface area contributed by atoms with Crippen LogP contribution in [0.1, 0.15) is 26.2 Å². The van der Waals surface area contributed by atoms with E-state index in [1.165, 1.54) is 11.3 Å². The number of aryl methyl sites for hydroxylation is 1. The van der Waals surface area contributed by atoms with Crippen molar-refractivity contribution in [2.45, 2.75) is 32.7 Å². The quantitative estimate of drug-likeness (QED) is 0.547. The third-order valence-corrected chi connectivity index (χ3v) is 5.16. The van der Waals surface area contributed by atoms with Gasteiger partial charge in [0.2, 0.25) is 11.8 Å². The zero-order chi connectivity index (χ0) is 19.4. The number of amides is 3. The highest BCUT2D eigenvalue weighted by molar-refractivity contribution is 7.16. The van der Waals surface area contributed by atoms with Crippen molar-refractivity contribution >= 4 is 45.2 Å². The predicted octanol–water partition coefficient (Wildman–Crippen LogP) is 1.23. The number of carbonyl (C=O) groups excluding carboxylic acids is 4. The summed E-state index contributed by atoms with van der Waals surface area (Å²) in [5.74, 6) is -1.61. The van der Waals surface area contributed by atoms with E-state index in [0.717, 1.165) is 15.1 Å². The minimum absolute atomic E-state index is 0.133. The molecule has 1 saturated heterocycles. The lowest BCUT2D eigenvalue weighted by Crippen LogP contribution is -2.34. The number of imide groups is 1. The van der Waals surface area contributed by atoms with Crippen LogP contribution in [0.2, 0.25) is 0 Å². The maximum atomic E-state index is 12.3. The van der Waals surface area contributed by atoms with E-state index in [4.69, 9.17) is 4.74 Å². The summed E-state index contributed by atoms with van der Waals surface area (Å²) in [6.45, 7) is 2.01. The number of esters is 1. The van der Waals surface area contributed by atoms with Gasteiger partial charge in [0.15, 0.2) is 4.80 Å². The highest BCUT2D eigenvalue weighted by atomic mass is 32.1. The van der Waals surface area contributed by atoms with Gasteiger partial charge >= 0.3 is 5.97 Å². The van der Waals surface area contributed by atoms with Crippen molar-refractivity contribution in [3.63, 3.8) is 0 Å². The van der Waals surface area contributed by atoms with E-state index < -0.39 is 5.91 Å². The van der Waals surface area contributed by atoms with Crippen LogP contribution in [-0.2, 0) is 30.5 Å². The lowest BCUT2D eigenvalue weighted by atomic mass is 10.3. The van der Waals surface area contributed by atoms with Crippen LogP contribution in [0.15, 0.2) is 29.3 Å². The van der Waals surface area contributed by atoms with Gasteiger partial charge in [0.1, 0.15) is 6.54 Å². The Balaban J connectivity index is 1.88. The first-order valence-electron chi connectivity index (χ1n) is 8.64. The highest BCUT2D eigenvalue weighted by Gasteiger charge is 2.30. The second-order valence-electron chi connectivity index (χ2n) is 5.94. The van der Waals surface area contributed by atoms with Gasteiger partial charge in [-0.05, 0) is 19.1 Å². The Morgan fingerprint density at radius 2 is 1.89 bits per heavy atom. The van der Waals surface area contributed by atoms with Gasteiger partial charge in [-0.25, -0.2) is 0 Å². The average molecular weight is 389 g/mol. The van der Waals surface area contributed by atoms with E-state index in [1.54, 1.807) is 11.5 Å². The normalized spacial score (nSPS) is 15.0. The first-order chi connectivity index (χ1) is 13.0. The molecule has 1 fully saturated rings. The molecule has 0 N–H and O–H groups in total. The molecule has 1 aliphatic rings. The number of hydrogen-bond donors (Lipinski definition) is 0. The topological polar surface area (TPSA) is 98.0 Å². The Kier molecular flexibility index (Phi) is 5.80. The lowest BCUT2D eigenvalue weighted by Gasteiger charge is -2.10. The van der Waals surface area contributed by atoms with E-state index in [0.29, 0.717) is 18.0 Å². The van der Waals surface area contributed by atoms with Crippen molar-refractivity contribution in [3.05, 3.63) is 29.1 Å². The number of fused-ring (bicyclic) bond motifs is 1. The Morgan fingerprint density at radius 1 is 1.19 bits per heavy atom. The zero-order valence-electron chi connectivity index (χ0n) is 14.8. The SMILES string of the molecule is CCOC(=O)CCn1c(=NC(=O)CN2C(=O)CCC2=O)sc2ccccc21. The van der Waals surface area contributed by atoms with Crippen LogP contribution in [-0.4, -0.2) is 46.3 Å². The van der Waals surface area contributed by atoms with Gasteiger partial charge in [0.25, 0.3) is 5.91 Å². The number of likely N-dealkylation sites (tertiary alicyclic amines) is 1. The van der Waals surface area contributed by atoms with Crippen molar-refractivity contribution in [1.82, 2.24) is 9.47 Å². The van der Waals surface area contributed by atoms with Crippen molar-refractivity contribution in [2.75, 3.05) is 13.2 Å². The third kappa shape index (κ3) is 4.30. The van der Waals surface area contributed by atoms with Crippen LogP contribution in [0.5, 0.6) is 0 Å². The predicted molar refractivity (Wildman–Crippen MR) is 97.6 cm³/mol. The summed E-state index contributed by atoms with van der Waals surface area (Å²) in [5.41, 5.74) is 0.853. The summed E-state index contributed by atoms with van der Waals surface area (Å²) in [6, 6.07) is 7.52. The molecule has 27 heavy (non-hydrogen) atoms. The number of rotatable bonds is 6. The van der Waals surface area contributed by atoms with Crippen molar-refractivity contribution in [2.24, 2.45) is 4.99 Å². The van der Waals surface area contributed by atoms with E-state index in [2.05, 4.69) is 4.99 Å². The smallest absolute Gasteiger partial charge is 0.307 e. The van der Waals surface area contributed by atoms with E-state index in [9.17, 15) is 19.2 Å². The van der Waals surface area contributed by atoms with Gasteiger partial charge in [0, 0.05) is 19.4 Å². The molecule has 3 amide bonds. The van der Waals surface area contributed by atoms with Crippen molar-refractivity contribution in [3.8, 4) is 0 Å². The van der Waals surface area contributed by atoms with E-state index >= 15 is 0 Å². The van der Waals surface area contributed by atoms with Crippen LogP contribution in [0.25, 0.3) is 10.2 Å². The molecule has 1 aromatic carbocycles. The number of carbonyl (C=O) groups is 4. The second-order valence-corrected chi connectivity index (χ2v) is 6.95. The summed E-state index contributed by atoms with van der Waals surface area (Å²) in [4.78, 5) is 52.8. The standard InChI is InChI=1S/C18H19N3O5S/c1-2-26-17(25)9-10-20-12-5-3-4-6-13(12)27-18(20)19-14(22)11-21-15(23)7-8-16(21)24/h3-6H,2,7-11H2,1H3. The molecule has 0 unspecified atom stereocenters. The minimum Gasteiger partial charge on any atom is -0.466 e. The van der Waals surface area contributed by atoms with Crippen LogP contribution in [0, 0.1) is 0 Å². The van der Waals surface area contributed by atoms with Crippen molar-refractivity contribution in [1.29, 1.82) is 0 Å². The fraction of sp³-hybridized carbons (Fsp3) is 0.389. The summed E-state index contributed by atoms with van der Waals surface area (Å²) >= 11 is 1.31. The Labute approximate surface area is 159 Å². The molecular formula is C18H19N3O5S. The molecule has 142 valence electrons. The van der Waals surface area contributed by atoms with Crippen molar-refractivity contribution < 1.29 is 23.9 Å². The Hall–Kier alpha value is -2.81. The number of hydrogen-bond acceptors (Lipinski definition) is 6. The van der Waals surface area contributed by atoms with Gasteiger partial charge in [-0.2, -0.15) is 4.99 Å². The Bertz CT molecular complexity index is 959. The molecule has 2 heterocycles. The fourth-order valence-corrected chi connectivity index (χ4v) is 3.91. The summed E-state index contributed by atoms with van der Waals surface area (Å²) in [5, 5.41) is 0. The summed E-state index contributed by atoms with van der Waals surface area (Å²) < 4.78 is 7.66. The van der Waals surface area contributed by atoms with E-state index in [-0.39, 0.29) is 43.6 Å². The van der Waals surface area contributed by atoms with Crippen LogP contribution in [0.3, 0.4) is 0 Å². The van der Waals surface area contributed by atoms with Gasteiger partial charge in [-0.1, -0.05) is 23.5 Å². The van der Waals surface area contributed by atoms with Gasteiger partial charge in [0.05, 0.1) is 23.2 Å². The number of para-hydroxylation sites is 1. The first-order valence-corrected chi connectivity index (χ1v) is 9.46. The fourth-order valence-electron chi connectivity index (χ4n) is 2.83. The molecule has 0 bridgehead atoms. The zero-order valence-corrected chi connectivity index (χ0v) is 15.7. The molecule has 2 aromatic rings. The molecule has 9 heteroatoms. The number of thiazole rings is 1. The van der Waals surface area contributed by atoms with Crippen LogP contribution < -0.4 is 4.80 Å². The summed E-state index contributed by atoms with van der Waals surface area (Å²) in [7, 11) is 0. The molecule has 0 aliphatic carbocycles. The van der Waals surface area contributed by atoms with Crippen LogP contribution in [0.4, 0.5) is 0 Å². The third-order valence-electron chi connectivity index (χ3n) is 4.10.